The van der Waals surface area contributed by atoms with Gasteiger partial charge in [-0.05, 0) is 39.7 Å². The van der Waals surface area contributed by atoms with E-state index in [2.05, 4.69) is 26.2 Å². The molecule has 2 aromatic rings. The number of halogens is 2. The normalized spacial score (nSPS) is 9.85. The predicted octanol–water partition coefficient (Wildman–Crippen LogP) is 4.01. The van der Waals surface area contributed by atoms with Crippen LogP contribution in [-0.2, 0) is 6.54 Å². The minimum Gasteiger partial charge on any atom is -0.479 e. The maximum absolute atomic E-state index is 8.49. The molecule has 0 amide bonds. The lowest BCUT2D eigenvalue weighted by atomic mass is 10.2. The molecule has 0 radical (unpaired) electrons. The van der Waals surface area contributed by atoms with Crippen LogP contribution in [0.4, 0.5) is 5.69 Å². The molecule has 0 aliphatic carbocycles. The van der Waals surface area contributed by atoms with Gasteiger partial charge in [-0.3, -0.25) is 0 Å². The SMILES string of the molecule is N#CCOc1cccc(CNc2cnc(Cl)c(Br)c2)c1. The van der Waals surface area contributed by atoms with Gasteiger partial charge in [-0.25, -0.2) is 4.98 Å². The molecule has 0 saturated heterocycles. The monoisotopic (exact) mass is 351 g/mol. The van der Waals surface area contributed by atoms with Crippen LogP contribution in [0.1, 0.15) is 5.56 Å². The van der Waals surface area contributed by atoms with Crippen molar-refractivity contribution in [2.24, 2.45) is 0 Å². The zero-order valence-corrected chi connectivity index (χ0v) is 12.8. The van der Waals surface area contributed by atoms with Crippen LogP contribution >= 0.6 is 27.5 Å². The Labute approximate surface area is 130 Å². The van der Waals surface area contributed by atoms with E-state index in [1.165, 1.54) is 0 Å². The number of nitriles is 1. The maximum Gasteiger partial charge on any atom is 0.174 e. The smallest absolute Gasteiger partial charge is 0.174 e. The highest BCUT2D eigenvalue weighted by Crippen LogP contribution is 2.23. The maximum atomic E-state index is 8.49. The van der Waals surface area contributed by atoms with Gasteiger partial charge in [-0.1, -0.05) is 23.7 Å². The Morgan fingerprint density at radius 3 is 3.00 bits per heavy atom. The summed E-state index contributed by atoms with van der Waals surface area (Å²) in [5.74, 6) is 0.682. The average molecular weight is 353 g/mol. The van der Waals surface area contributed by atoms with Crippen molar-refractivity contribution in [2.75, 3.05) is 11.9 Å². The molecule has 0 aliphatic heterocycles. The fourth-order valence-corrected chi connectivity index (χ4v) is 2.04. The van der Waals surface area contributed by atoms with Crippen LogP contribution in [0.3, 0.4) is 0 Å². The summed E-state index contributed by atoms with van der Waals surface area (Å²) in [5, 5.41) is 12.2. The highest BCUT2D eigenvalue weighted by Gasteiger charge is 2.01. The Morgan fingerprint density at radius 1 is 1.40 bits per heavy atom. The first-order chi connectivity index (χ1) is 9.69. The lowest BCUT2D eigenvalue weighted by molar-refractivity contribution is 0.368. The molecule has 0 saturated carbocycles. The quantitative estimate of drug-likeness (QED) is 0.826. The fourth-order valence-electron chi connectivity index (χ4n) is 1.58. The summed E-state index contributed by atoms with van der Waals surface area (Å²) in [5.41, 5.74) is 1.91. The number of benzene rings is 1. The Kier molecular flexibility index (Phi) is 5.22. The molecule has 1 N–H and O–H groups in total. The van der Waals surface area contributed by atoms with Crippen molar-refractivity contribution in [3.63, 3.8) is 0 Å². The molecule has 0 fully saturated rings. The number of hydrogen-bond donors (Lipinski definition) is 1. The summed E-state index contributed by atoms with van der Waals surface area (Å²) in [6.45, 7) is 0.671. The molecule has 6 heteroatoms. The van der Waals surface area contributed by atoms with Crippen molar-refractivity contribution in [1.82, 2.24) is 4.98 Å². The minimum atomic E-state index is 0.0466. The second-order valence-electron chi connectivity index (χ2n) is 3.94. The van der Waals surface area contributed by atoms with Gasteiger partial charge in [0, 0.05) is 6.54 Å². The number of nitrogens with zero attached hydrogens (tertiary/aromatic N) is 2. The van der Waals surface area contributed by atoms with Crippen LogP contribution in [0, 0.1) is 11.3 Å². The number of ether oxygens (including phenoxy) is 1. The first-order valence-electron chi connectivity index (χ1n) is 5.82. The standard InChI is InChI=1S/C14H11BrClN3O/c15-13-7-11(9-19-14(13)16)18-8-10-2-1-3-12(6-10)20-5-4-17/h1-3,6-7,9,18H,5,8H2. The summed E-state index contributed by atoms with van der Waals surface area (Å²) in [7, 11) is 0. The van der Waals surface area contributed by atoms with Crippen LogP contribution in [0.5, 0.6) is 5.75 Å². The fraction of sp³-hybridized carbons (Fsp3) is 0.143. The number of nitrogens with one attached hydrogen (secondary N) is 1. The Bertz CT molecular complexity index is 643. The van der Waals surface area contributed by atoms with E-state index in [4.69, 9.17) is 21.6 Å². The molecule has 2 rings (SSSR count). The molecule has 0 atom stereocenters. The highest BCUT2D eigenvalue weighted by molar-refractivity contribution is 9.10. The van der Waals surface area contributed by atoms with Crippen LogP contribution < -0.4 is 10.1 Å². The molecule has 1 heterocycles. The summed E-state index contributed by atoms with van der Waals surface area (Å²) in [6, 6.07) is 11.4. The van der Waals surface area contributed by atoms with Gasteiger partial charge in [0.2, 0.25) is 0 Å². The first kappa shape index (κ1) is 14.6. The van der Waals surface area contributed by atoms with Gasteiger partial charge < -0.3 is 10.1 Å². The molecule has 4 nitrogen and oxygen atoms in total. The molecule has 1 aromatic carbocycles. The van der Waals surface area contributed by atoms with E-state index in [1.807, 2.05) is 36.4 Å². The third-order valence-electron chi connectivity index (χ3n) is 2.49. The molecular formula is C14H11BrClN3O. The van der Waals surface area contributed by atoms with E-state index in [0.29, 0.717) is 17.4 Å². The number of pyridine rings is 1. The van der Waals surface area contributed by atoms with Crippen molar-refractivity contribution in [3.8, 4) is 11.8 Å². The molecule has 0 unspecified atom stereocenters. The van der Waals surface area contributed by atoms with Crippen molar-refractivity contribution in [3.05, 3.63) is 51.7 Å². The van der Waals surface area contributed by atoms with E-state index in [-0.39, 0.29) is 6.61 Å². The Morgan fingerprint density at radius 2 is 2.25 bits per heavy atom. The number of rotatable bonds is 5. The van der Waals surface area contributed by atoms with E-state index >= 15 is 0 Å². The minimum absolute atomic E-state index is 0.0466. The average Bonchev–Trinajstić information content (AvgIpc) is 2.47. The van der Waals surface area contributed by atoms with Crippen LogP contribution in [0.25, 0.3) is 0 Å². The van der Waals surface area contributed by atoms with E-state index in [1.54, 1.807) is 6.20 Å². The van der Waals surface area contributed by atoms with Gasteiger partial charge in [-0.15, -0.1) is 0 Å². The van der Waals surface area contributed by atoms with Crippen LogP contribution in [0.15, 0.2) is 41.0 Å². The molecule has 0 spiro atoms. The zero-order chi connectivity index (χ0) is 14.4. The van der Waals surface area contributed by atoms with Gasteiger partial charge in [0.1, 0.15) is 17.0 Å². The van der Waals surface area contributed by atoms with Crippen molar-refractivity contribution in [1.29, 1.82) is 5.26 Å². The summed E-state index contributed by atoms with van der Waals surface area (Å²) in [6.07, 6.45) is 1.67. The van der Waals surface area contributed by atoms with Gasteiger partial charge in [-0.2, -0.15) is 5.26 Å². The van der Waals surface area contributed by atoms with Crippen LogP contribution in [-0.4, -0.2) is 11.6 Å². The molecule has 1 aromatic heterocycles. The molecule has 20 heavy (non-hydrogen) atoms. The zero-order valence-electron chi connectivity index (χ0n) is 10.4. The van der Waals surface area contributed by atoms with Gasteiger partial charge in [0.15, 0.2) is 6.61 Å². The largest absolute Gasteiger partial charge is 0.479 e. The van der Waals surface area contributed by atoms with Crippen molar-refractivity contribution < 1.29 is 4.74 Å². The second-order valence-corrected chi connectivity index (χ2v) is 5.16. The lowest BCUT2D eigenvalue weighted by Crippen LogP contribution is -2.01. The molecule has 0 aliphatic rings. The van der Waals surface area contributed by atoms with Crippen molar-refractivity contribution >= 4 is 33.2 Å². The Hall–Kier alpha value is -1.77. The number of aromatic nitrogens is 1. The van der Waals surface area contributed by atoms with Gasteiger partial charge in [0.05, 0.1) is 16.4 Å². The predicted molar refractivity (Wildman–Crippen MR) is 81.8 cm³/mol. The number of hydrogen-bond acceptors (Lipinski definition) is 4. The lowest BCUT2D eigenvalue weighted by Gasteiger charge is -2.08. The van der Waals surface area contributed by atoms with E-state index < -0.39 is 0 Å². The highest BCUT2D eigenvalue weighted by atomic mass is 79.9. The summed E-state index contributed by atoms with van der Waals surface area (Å²) in [4.78, 5) is 4.04. The third kappa shape index (κ3) is 4.12. The second kappa shape index (κ2) is 7.13. The molecule has 0 bridgehead atoms. The van der Waals surface area contributed by atoms with Crippen molar-refractivity contribution in [2.45, 2.75) is 6.54 Å². The summed E-state index contributed by atoms with van der Waals surface area (Å²) < 4.78 is 6.00. The first-order valence-corrected chi connectivity index (χ1v) is 7.00. The van der Waals surface area contributed by atoms with Crippen LogP contribution in [0.2, 0.25) is 5.15 Å². The molecule has 102 valence electrons. The Balaban J connectivity index is 1.99. The number of anilines is 1. The van der Waals surface area contributed by atoms with E-state index in [0.717, 1.165) is 15.7 Å². The summed E-state index contributed by atoms with van der Waals surface area (Å²) >= 11 is 9.17. The van der Waals surface area contributed by atoms with Gasteiger partial charge in [0.25, 0.3) is 0 Å². The topological polar surface area (TPSA) is 57.9 Å². The molecular weight excluding hydrogens is 342 g/mol. The van der Waals surface area contributed by atoms with Gasteiger partial charge >= 0.3 is 0 Å². The third-order valence-corrected chi connectivity index (χ3v) is 3.63. The van der Waals surface area contributed by atoms with E-state index in [9.17, 15) is 0 Å².